The Morgan fingerprint density at radius 1 is 1.29 bits per heavy atom. The molecule has 0 heterocycles. The Kier molecular flexibility index (Phi) is 9.92. The highest BCUT2D eigenvalue weighted by molar-refractivity contribution is 5.79. The fourth-order valence-electron chi connectivity index (χ4n) is 1.23. The molecular formula is C13H29N3O. The highest BCUT2D eigenvalue weighted by Gasteiger charge is 2.01. The molecule has 0 saturated heterocycles. The number of nitrogens with zero attached hydrogens (tertiary/aromatic N) is 1. The average Bonchev–Trinajstić information content (AvgIpc) is 2.31. The van der Waals surface area contributed by atoms with Gasteiger partial charge in [0.2, 0.25) is 0 Å². The summed E-state index contributed by atoms with van der Waals surface area (Å²) in [5, 5.41) is 6.61. The van der Waals surface area contributed by atoms with Crippen molar-refractivity contribution in [1.82, 2.24) is 10.6 Å². The van der Waals surface area contributed by atoms with E-state index in [1.165, 1.54) is 0 Å². The first-order valence-electron chi connectivity index (χ1n) is 6.65. The van der Waals surface area contributed by atoms with Gasteiger partial charge in [0.1, 0.15) is 0 Å². The molecule has 1 unspecified atom stereocenters. The molecule has 0 aromatic carbocycles. The molecule has 0 radical (unpaired) electrons. The van der Waals surface area contributed by atoms with Crippen molar-refractivity contribution >= 4 is 5.96 Å². The topological polar surface area (TPSA) is 45.7 Å². The van der Waals surface area contributed by atoms with Crippen LogP contribution < -0.4 is 10.6 Å². The van der Waals surface area contributed by atoms with E-state index in [1.807, 2.05) is 0 Å². The first-order valence-corrected chi connectivity index (χ1v) is 6.65. The van der Waals surface area contributed by atoms with Gasteiger partial charge in [-0.3, -0.25) is 4.99 Å². The lowest BCUT2D eigenvalue weighted by Gasteiger charge is -2.16. The van der Waals surface area contributed by atoms with E-state index in [0.717, 1.165) is 38.6 Å². The second-order valence-electron chi connectivity index (χ2n) is 4.77. The molecule has 0 bridgehead atoms. The van der Waals surface area contributed by atoms with Crippen LogP contribution in [0.4, 0.5) is 0 Å². The van der Waals surface area contributed by atoms with Gasteiger partial charge in [-0.1, -0.05) is 20.8 Å². The maximum absolute atomic E-state index is 5.51. The molecule has 0 aromatic rings. The van der Waals surface area contributed by atoms with Gasteiger partial charge in [-0.2, -0.15) is 0 Å². The minimum Gasteiger partial charge on any atom is -0.381 e. The van der Waals surface area contributed by atoms with Gasteiger partial charge in [0.15, 0.2) is 5.96 Å². The van der Waals surface area contributed by atoms with Gasteiger partial charge in [-0.25, -0.2) is 0 Å². The zero-order valence-electron chi connectivity index (χ0n) is 12.0. The Morgan fingerprint density at radius 2 is 2.00 bits per heavy atom. The summed E-state index contributed by atoms with van der Waals surface area (Å²) in [6.07, 6.45) is 2.10. The maximum atomic E-state index is 5.51. The van der Waals surface area contributed by atoms with Crippen LogP contribution in [0.25, 0.3) is 0 Å². The van der Waals surface area contributed by atoms with Crippen molar-refractivity contribution < 1.29 is 4.74 Å². The summed E-state index contributed by atoms with van der Waals surface area (Å²) in [5.41, 5.74) is 0. The normalized spacial score (nSPS) is 13.9. The Balaban J connectivity index is 3.51. The molecule has 0 aliphatic carbocycles. The zero-order chi connectivity index (χ0) is 13.1. The smallest absolute Gasteiger partial charge is 0.191 e. The van der Waals surface area contributed by atoms with Crippen LogP contribution in [0.5, 0.6) is 0 Å². The lowest BCUT2D eigenvalue weighted by Crippen LogP contribution is -2.42. The number of nitrogens with one attached hydrogen (secondary N) is 2. The molecular weight excluding hydrogens is 214 g/mol. The van der Waals surface area contributed by atoms with Gasteiger partial charge >= 0.3 is 0 Å². The van der Waals surface area contributed by atoms with Crippen LogP contribution in [0.15, 0.2) is 4.99 Å². The first-order chi connectivity index (χ1) is 8.10. The number of hydrogen-bond donors (Lipinski definition) is 2. The number of ether oxygens (including phenoxy) is 1. The van der Waals surface area contributed by atoms with Crippen molar-refractivity contribution in [3.8, 4) is 0 Å². The molecule has 0 saturated carbocycles. The third kappa shape index (κ3) is 10.1. The Labute approximate surface area is 106 Å². The molecule has 1 atom stereocenters. The molecule has 0 amide bonds. The Morgan fingerprint density at radius 3 is 2.53 bits per heavy atom. The van der Waals surface area contributed by atoms with Gasteiger partial charge in [0.25, 0.3) is 0 Å². The maximum Gasteiger partial charge on any atom is 0.191 e. The van der Waals surface area contributed by atoms with E-state index in [-0.39, 0.29) is 0 Å². The summed E-state index contributed by atoms with van der Waals surface area (Å²) in [5.74, 6) is 1.49. The van der Waals surface area contributed by atoms with Crippen LogP contribution in [0.1, 0.15) is 40.5 Å². The van der Waals surface area contributed by atoms with Crippen molar-refractivity contribution in [2.75, 3.05) is 26.8 Å². The van der Waals surface area contributed by atoms with Crippen molar-refractivity contribution in [2.45, 2.75) is 46.6 Å². The van der Waals surface area contributed by atoms with E-state index in [0.29, 0.717) is 12.0 Å². The highest BCUT2D eigenvalue weighted by atomic mass is 16.5. The van der Waals surface area contributed by atoms with E-state index >= 15 is 0 Å². The van der Waals surface area contributed by atoms with Crippen LogP contribution in [-0.2, 0) is 4.74 Å². The molecule has 0 fully saturated rings. The van der Waals surface area contributed by atoms with Crippen LogP contribution in [0.2, 0.25) is 0 Å². The van der Waals surface area contributed by atoms with E-state index in [2.05, 4.69) is 43.3 Å². The van der Waals surface area contributed by atoms with Crippen molar-refractivity contribution in [2.24, 2.45) is 10.9 Å². The SMILES string of the molecule is CCC(C)NC(=NC)NCCCOCC(C)C. The van der Waals surface area contributed by atoms with Gasteiger partial charge in [0, 0.05) is 32.8 Å². The fraction of sp³-hybridized carbons (Fsp3) is 0.923. The summed E-state index contributed by atoms with van der Waals surface area (Å²) in [7, 11) is 1.80. The molecule has 0 rings (SSSR count). The standard InChI is InChI=1S/C13H29N3O/c1-6-12(4)16-13(14-5)15-8-7-9-17-10-11(2)3/h11-12H,6-10H2,1-5H3,(H2,14,15,16). The number of hydrogen-bond acceptors (Lipinski definition) is 2. The molecule has 4 heteroatoms. The van der Waals surface area contributed by atoms with Gasteiger partial charge < -0.3 is 15.4 Å². The van der Waals surface area contributed by atoms with Gasteiger partial charge in [-0.05, 0) is 25.7 Å². The molecule has 2 N–H and O–H groups in total. The molecule has 0 aliphatic rings. The van der Waals surface area contributed by atoms with E-state index in [1.54, 1.807) is 7.05 Å². The van der Waals surface area contributed by atoms with E-state index in [4.69, 9.17) is 4.74 Å². The van der Waals surface area contributed by atoms with Gasteiger partial charge in [0.05, 0.1) is 0 Å². The monoisotopic (exact) mass is 243 g/mol. The predicted octanol–water partition coefficient (Wildman–Crippen LogP) is 2.01. The lowest BCUT2D eigenvalue weighted by molar-refractivity contribution is 0.108. The summed E-state index contributed by atoms with van der Waals surface area (Å²) in [6.45, 7) is 11.2. The summed E-state index contributed by atoms with van der Waals surface area (Å²) < 4.78 is 5.51. The third-order valence-corrected chi connectivity index (χ3v) is 2.43. The minimum atomic E-state index is 0.457. The van der Waals surface area contributed by atoms with E-state index in [9.17, 15) is 0 Å². The first kappa shape index (κ1) is 16.2. The molecule has 17 heavy (non-hydrogen) atoms. The molecule has 0 aromatic heterocycles. The lowest BCUT2D eigenvalue weighted by atomic mass is 10.2. The number of aliphatic imine (C=N–C) groups is 1. The minimum absolute atomic E-state index is 0.457. The van der Waals surface area contributed by atoms with Crippen LogP contribution in [-0.4, -0.2) is 38.8 Å². The van der Waals surface area contributed by atoms with Crippen molar-refractivity contribution in [1.29, 1.82) is 0 Å². The predicted molar refractivity (Wildman–Crippen MR) is 74.5 cm³/mol. The highest BCUT2D eigenvalue weighted by Crippen LogP contribution is 1.93. The summed E-state index contributed by atoms with van der Waals surface area (Å²) in [6, 6.07) is 0.457. The van der Waals surface area contributed by atoms with Gasteiger partial charge in [-0.15, -0.1) is 0 Å². The van der Waals surface area contributed by atoms with Crippen LogP contribution >= 0.6 is 0 Å². The van der Waals surface area contributed by atoms with Crippen molar-refractivity contribution in [3.05, 3.63) is 0 Å². The quantitative estimate of drug-likeness (QED) is 0.389. The second kappa shape index (κ2) is 10.4. The molecule has 0 spiro atoms. The number of rotatable bonds is 8. The molecule has 102 valence electrons. The number of guanidine groups is 1. The van der Waals surface area contributed by atoms with Crippen molar-refractivity contribution in [3.63, 3.8) is 0 Å². The van der Waals surface area contributed by atoms with E-state index < -0.39 is 0 Å². The second-order valence-corrected chi connectivity index (χ2v) is 4.77. The summed E-state index contributed by atoms with van der Waals surface area (Å²) in [4.78, 5) is 4.18. The van der Waals surface area contributed by atoms with Crippen LogP contribution in [0, 0.1) is 5.92 Å². The third-order valence-electron chi connectivity index (χ3n) is 2.43. The zero-order valence-corrected chi connectivity index (χ0v) is 12.0. The fourth-order valence-corrected chi connectivity index (χ4v) is 1.23. The Hall–Kier alpha value is -0.770. The Bertz CT molecular complexity index is 205. The van der Waals surface area contributed by atoms with Crippen LogP contribution in [0.3, 0.4) is 0 Å². The molecule has 4 nitrogen and oxygen atoms in total. The average molecular weight is 243 g/mol. The molecule has 0 aliphatic heterocycles. The largest absolute Gasteiger partial charge is 0.381 e. The summed E-state index contributed by atoms with van der Waals surface area (Å²) >= 11 is 0.